The molecule has 0 saturated carbocycles. The largest absolute Gasteiger partial charge is 0.313 e. The fourth-order valence-corrected chi connectivity index (χ4v) is 2.95. The molecule has 0 amide bonds. The van der Waals surface area contributed by atoms with Crippen molar-refractivity contribution in [2.75, 3.05) is 7.05 Å². The molecule has 1 aliphatic carbocycles. The lowest BCUT2D eigenvalue weighted by atomic mass is 9.93. The molecule has 0 radical (unpaired) electrons. The van der Waals surface area contributed by atoms with Crippen LogP contribution in [-0.2, 0) is 6.42 Å². The number of hydrogen-bond donors (Lipinski definition) is 1. The van der Waals surface area contributed by atoms with Crippen LogP contribution in [0.3, 0.4) is 0 Å². The highest BCUT2D eigenvalue weighted by atomic mass is 79.9. The second-order valence-electron chi connectivity index (χ2n) is 4.55. The van der Waals surface area contributed by atoms with E-state index in [1.807, 2.05) is 30.2 Å². The lowest BCUT2D eigenvalue weighted by Crippen LogP contribution is -2.21. The monoisotopic (exact) mass is 306 g/mol. The minimum absolute atomic E-state index is 0.433. The van der Waals surface area contributed by atoms with E-state index < -0.39 is 0 Å². The predicted octanol–water partition coefficient (Wildman–Crippen LogP) is 2.63. The molecule has 1 N–H and O–H groups in total. The Morgan fingerprint density at radius 3 is 3.06 bits per heavy atom. The first-order valence-electron chi connectivity index (χ1n) is 6.14. The molecule has 0 aromatic carbocycles. The molecule has 5 heteroatoms. The van der Waals surface area contributed by atoms with Gasteiger partial charge in [0.25, 0.3) is 0 Å². The molecule has 4 nitrogen and oxygen atoms in total. The number of nitrogens with one attached hydrogen (secondary N) is 1. The average Bonchev–Trinajstić information content (AvgIpc) is 2.82. The second-order valence-corrected chi connectivity index (χ2v) is 5.47. The summed E-state index contributed by atoms with van der Waals surface area (Å²) in [7, 11) is 2.01. The highest BCUT2D eigenvalue weighted by Crippen LogP contribution is 2.30. The number of nitrogens with zero attached hydrogens (tertiary/aromatic N) is 3. The molecule has 0 fully saturated rings. The summed E-state index contributed by atoms with van der Waals surface area (Å²) in [4.78, 5) is 4.20. The third kappa shape index (κ3) is 1.97. The predicted molar refractivity (Wildman–Crippen MR) is 73.8 cm³/mol. The molecule has 0 bridgehead atoms. The van der Waals surface area contributed by atoms with Gasteiger partial charge in [-0.15, -0.1) is 0 Å². The maximum atomic E-state index is 4.52. The minimum atomic E-state index is 0.433. The van der Waals surface area contributed by atoms with E-state index in [1.165, 1.54) is 24.1 Å². The van der Waals surface area contributed by atoms with Crippen LogP contribution >= 0.6 is 15.9 Å². The van der Waals surface area contributed by atoms with Gasteiger partial charge in [-0.2, -0.15) is 5.10 Å². The zero-order valence-electron chi connectivity index (χ0n) is 10.2. The van der Waals surface area contributed by atoms with E-state index >= 15 is 0 Å². The highest BCUT2D eigenvalue weighted by Gasteiger charge is 2.23. The topological polar surface area (TPSA) is 42.7 Å². The number of rotatable bonds is 2. The zero-order valence-corrected chi connectivity index (χ0v) is 11.8. The molecule has 0 saturated heterocycles. The zero-order chi connectivity index (χ0) is 12.5. The first-order chi connectivity index (χ1) is 8.79. The summed E-state index contributed by atoms with van der Waals surface area (Å²) < 4.78 is 2.99. The Bertz CT molecular complexity index is 564. The molecule has 1 unspecified atom stereocenters. The van der Waals surface area contributed by atoms with Gasteiger partial charge < -0.3 is 5.32 Å². The van der Waals surface area contributed by atoms with Crippen LogP contribution in [0, 0.1) is 0 Å². The fourth-order valence-electron chi connectivity index (χ4n) is 2.60. The van der Waals surface area contributed by atoms with E-state index in [9.17, 15) is 0 Å². The van der Waals surface area contributed by atoms with Gasteiger partial charge in [0.05, 0.1) is 18.1 Å². The normalized spacial score (nSPS) is 18.7. The summed E-state index contributed by atoms with van der Waals surface area (Å²) in [5, 5.41) is 7.88. The average molecular weight is 307 g/mol. The number of fused-ring (bicyclic) bond motifs is 1. The summed E-state index contributed by atoms with van der Waals surface area (Å²) in [6.45, 7) is 0. The van der Waals surface area contributed by atoms with Gasteiger partial charge in [-0.05, 0) is 48.3 Å². The Hall–Kier alpha value is -1.20. The van der Waals surface area contributed by atoms with Gasteiger partial charge in [0.1, 0.15) is 0 Å². The highest BCUT2D eigenvalue weighted by molar-refractivity contribution is 9.10. The summed E-state index contributed by atoms with van der Waals surface area (Å²) >= 11 is 3.45. The van der Waals surface area contributed by atoms with Crippen molar-refractivity contribution in [3.63, 3.8) is 0 Å². The smallest absolute Gasteiger partial charge is 0.0843 e. The number of hydrogen-bond acceptors (Lipinski definition) is 3. The van der Waals surface area contributed by atoms with Crippen molar-refractivity contribution in [1.82, 2.24) is 20.1 Å². The van der Waals surface area contributed by atoms with Crippen LogP contribution in [0.1, 0.15) is 30.1 Å². The van der Waals surface area contributed by atoms with Crippen LogP contribution in [0.15, 0.2) is 29.1 Å². The maximum absolute atomic E-state index is 4.52. The van der Waals surface area contributed by atoms with Crippen molar-refractivity contribution in [3.05, 3.63) is 40.4 Å². The van der Waals surface area contributed by atoms with Crippen molar-refractivity contribution >= 4 is 15.9 Å². The first-order valence-corrected chi connectivity index (χ1v) is 6.94. The van der Waals surface area contributed by atoms with Gasteiger partial charge in [-0.3, -0.25) is 4.98 Å². The van der Waals surface area contributed by atoms with E-state index in [-0.39, 0.29) is 0 Å². The SMILES string of the molecule is CNC1CCCc2c1cnn2-c1cncc(Br)c1. The summed E-state index contributed by atoms with van der Waals surface area (Å²) in [6.07, 6.45) is 9.09. The fraction of sp³-hybridized carbons (Fsp3) is 0.385. The molecule has 2 aromatic rings. The van der Waals surface area contributed by atoms with Gasteiger partial charge in [0.15, 0.2) is 0 Å². The Labute approximate surface area is 115 Å². The molecule has 1 atom stereocenters. The molecule has 18 heavy (non-hydrogen) atoms. The second kappa shape index (κ2) is 4.82. The molecule has 2 heterocycles. The Kier molecular flexibility index (Phi) is 3.18. The van der Waals surface area contributed by atoms with Crippen molar-refractivity contribution in [1.29, 1.82) is 0 Å². The Morgan fingerprint density at radius 2 is 2.28 bits per heavy atom. The van der Waals surface area contributed by atoms with Crippen molar-refractivity contribution < 1.29 is 0 Å². The number of pyridine rings is 1. The van der Waals surface area contributed by atoms with Crippen LogP contribution in [-0.4, -0.2) is 21.8 Å². The molecule has 94 valence electrons. The van der Waals surface area contributed by atoms with E-state index in [4.69, 9.17) is 0 Å². The summed E-state index contributed by atoms with van der Waals surface area (Å²) in [5.74, 6) is 0. The van der Waals surface area contributed by atoms with Gasteiger partial charge in [-0.25, -0.2) is 4.68 Å². The van der Waals surface area contributed by atoms with E-state index in [0.717, 1.165) is 16.6 Å². The van der Waals surface area contributed by atoms with Crippen LogP contribution < -0.4 is 5.32 Å². The third-order valence-electron chi connectivity index (χ3n) is 3.47. The molecular weight excluding hydrogens is 292 g/mol. The molecule has 3 rings (SSSR count). The van der Waals surface area contributed by atoms with E-state index in [1.54, 1.807) is 6.20 Å². The van der Waals surface area contributed by atoms with Gasteiger partial charge >= 0.3 is 0 Å². The van der Waals surface area contributed by atoms with Crippen molar-refractivity contribution in [2.45, 2.75) is 25.3 Å². The molecule has 2 aromatic heterocycles. The molecular formula is C13H15BrN4. The summed E-state index contributed by atoms with van der Waals surface area (Å²) in [5.41, 5.74) is 3.65. The quantitative estimate of drug-likeness (QED) is 0.927. The number of halogens is 1. The lowest BCUT2D eigenvalue weighted by Gasteiger charge is -2.22. The first kappa shape index (κ1) is 11.9. The Morgan fingerprint density at radius 1 is 1.39 bits per heavy atom. The molecule has 0 spiro atoms. The van der Waals surface area contributed by atoms with E-state index in [2.05, 4.69) is 31.3 Å². The Balaban J connectivity index is 2.07. The van der Waals surface area contributed by atoms with Crippen LogP contribution in [0.5, 0.6) is 0 Å². The molecule has 0 aliphatic heterocycles. The van der Waals surface area contributed by atoms with E-state index in [0.29, 0.717) is 6.04 Å². The third-order valence-corrected chi connectivity index (χ3v) is 3.90. The minimum Gasteiger partial charge on any atom is -0.313 e. The standard InChI is InChI=1S/C13H15BrN4/c1-15-12-3-2-4-13-11(12)8-17-18(13)10-5-9(14)6-16-7-10/h5-8,12,15H,2-4H2,1H3. The van der Waals surface area contributed by atoms with Gasteiger partial charge in [-0.1, -0.05) is 0 Å². The van der Waals surface area contributed by atoms with Crippen LogP contribution in [0.2, 0.25) is 0 Å². The van der Waals surface area contributed by atoms with Gasteiger partial charge in [0, 0.05) is 28.0 Å². The summed E-state index contributed by atoms with van der Waals surface area (Å²) in [6, 6.07) is 2.48. The van der Waals surface area contributed by atoms with Crippen LogP contribution in [0.25, 0.3) is 5.69 Å². The molecule has 1 aliphatic rings. The van der Waals surface area contributed by atoms with Gasteiger partial charge in [0.2, 0.25) is 0 Å². The maximum Gasteiger partial charge on any atom is 0.0843 e. The van der Waals surface area contributed by atoms with Crippen LogP contribution in [0.4, 0.5) is 0 Å². The number of aromatic nitrogens is 3. The van der Waals surface area contributed by atoms with Crippen molar-refractivity contribution in [2.24, 2.45) is 0 Å². The lowest BCUT2D eigenvalue weighted by molar-refractivity contribution is 0.490. The van der Waals surface area contributed by atoms with Crippen molar-refractivity contribution in [3.8, 4) is 5.69 Å².